The van der Waals surface area contributed by atoms with Gasteiger partial charge in [0.15, 0.2) is 0 Å². The zero-order valence-electron chi connectivity index (χ0n) is 22.0. The van der Waals surface area contributed by atoms with Gasteiger partial charge in [-0.05, 0) is 39.0 Å². The van der Waals surface area contributed by atoms with Crippen molar-refractivity contribution in [2.24, 2.45) is 11.8 Å². The summed E-state index contributed by atoms with van der Waals surface area (Å²) in [6.07, 6.45) is -0.616. The van der Waals surface area contributed by atoms with Crippen LogP contribution in [0.25, 0.3) is 11.1 Å². The molecule has 1 aromatic carbocycles. The maximum Gasteiger partial charge on any atom is 0.414 e. The Bertz CT molecular complexity index is 1280. The lowest BCUT2D eigenvalue weighted by molar-refractivity contribution is -0.119. The number of nitrogens with zero attached hydrogens (tertiary/aromatic N) is 2. The molecule has 1 aromatic heterocycles. The molecule has 2 aliphatic heterocycles. The Labute approximate surface area is 224 Å². The highest BCUT2D eigenvalue weighted by atomic mass is 19.1. The Morgan fingerprint density at radius 3 is 2.41 bits per heavy atom. The van der Waals surface area contributed by atoms with Gasteiger partial charge in [-0.15, -0.1) is 0 Å². The molecule has 3 fully saturated rings. The van der Waals surface area contributed by atoms with E-state index in [9.17, 15) is 14.4 Å². The van der Waals surface area contributed by atoms with Crippen LogP contribution in [0.5, 0.6) is 0 Å². The summed E-state index contributed by atoms with van der Waals surface area (Å²) in [5.74, 6) is -2.00. The molecule has 2 unspecified atom stereocenters. The Kier molecular flexibility index (Phi) is 6.69. The fraction of sp³-hybridized carbons (Fsp3) is 0.481. The molecular weight excluding hydrogens is 514 g/mol. The number of pyridine rings is 1. The number of carbonyl (C=O) groups is 3. The average Bonchev–Trinajstić information content (AvgIpc) is 3.18. The van der Waals surface area contributed by atoms with Crippen molar-refractivity contribution in [3.05, 3.63) is 47.8 Å². The van der Waals surface area contributed by atoms with E-state index in [2.05, 4.69) is 15.6 Å². The van der Waals surface area contributed by atoms with Crippen LogP contribution >= 0.6 is 0 Å². The second kappa shape index (κ2) is 9.74. The van der Waals surface area contributed by atoms with E-state index in [1.165, 1.54) is 13.1 Å². The molecule has 1 saturated carbocycles. The largest absolute Gasteiger partial charge is 0.444 e. The van der Waals surface area contributed by atoms with Gasteiger partial charge < -0.3 is 24.8 Å². The number of halogens is 2. The van der Waals surface area contributed by atoms with Gasteiger partial charge in [-0.3, -0.25) is 14.7 Å². The van der Waals surface area contributed by atoms with Crippen molar-refractivity contribution in [3.8, 4) is 11.1 Å². The predicted octanol–water partition coefficient (Wildman–Crippen LogP) is 3.48. The molecule has 39 heavy (non-hydrogen) atoms. The van der Waals surface area contributed by atoms with Crippen LogP contribution in [0.2, 0.25) is 0 Å². The number of aromatic nitrogens is 1. The Morgan fingerprint density at radius 1 is 1.18 bits per heavy atom. The molecule has 3 heterocycles. The van der Waals surface area contributed by atoms with Crippen molar-refractivity contribution in [2.45, 2.75) is 44.9 Å². The molecule has 2 saturated heterocycles. The zero-order valence-corrected chi connectivity index (χ0v) is 22.0. The van der Waals surface area contributed by atoms with E-state index in [0.29, 0.717) is 18.9 Å². The fourth-order valence-corrected chi connectivity index (χ4v) is 5.33. The van der Waals surface area contributed by atoms with E-state index in [0.717, 1.165) is 17.0 Å². The second-order valence-corrected chi connectivity index (χ2v) is 11.0. The smallest absolute Gasteiger partial charge is 0.414 e. The van der Waals surface area contributed by atoms with Gasteiger partial charge in [-0.25, -0.2) is 18.4 Å². The predicted molar refractivity (Wildman–Crippen MR) is 135 cm³/mol. The minimum Gasteiger partial charge on any atom is -0.444 e. The summed E-state index contributed by atoms with van der Waals surface area (Å²) in [6, 6.07) is 5.30. The molecule has 0 spiro atoms. The molecule has 0 radical (unpaired) electrons. The van der Waals surface area contributed by atoms with Crippen molar-refractivity contribution >= 4 is 23.8 Å². The monoisotopic (exact) mass is 544 g/mol. The maximum atomic E-state index is 15.2. The van der Waals surface area contributed by atoms with Crippen molar-refractivity contribution in [1.29, 1.82) is 0 Å². The quantitative estimate of drug-likeness (QED) is 0.572. The number of amides is 3. The fourth-order valence-electron chi connectivity index (χ4n) is 5.33. The molecule has 3 amide bonds. The highest BCUT2D eigenvalue weighted by Crippen LogP contribution is 2.60. The van der Waals surface area contributed by atoms with Crippen molar-refractivity contribution in [2.75, 3.05) is 31.2 Å². The van der Waals surface area contributed by atoms with Crippen LogP contribution in [-0.4, -0.2) is 61.1 Å². The number of benzene rings is 1. The second-order valence-electron chi connectivity index (χ2n) is 11.0. The van der Waals surface area contributed by atoms with Crippen LogP contribution in [-0.2, 0) is 24.5 Å². The molecule has 3 aliphatic rings. The molecule has 1 aliphatic carbocycles. The van der Waals surface area contributed by atoms with Crippen molar-refractivity contribution in [1.82, 2.24) is 15.6 Å². The van der Waals surface area contributed by atoms with E-state index in [1.807, 2.05) is 0 Å². The van der Waals surface area contributed by atoms with Crippen LogP contribution in [0.1, 0.15) is 33.4 Å². The van der Waals surface area contributed by atoms with Gasteiger partial charge in [0, 0.05) is 30.5 Å². The van der Waals surface area contributed by atoms with E-state index in [-0.39, 0.29) is 47.6 Å². The number of nitrogens with one attached hydrogen (secondary N) is 2. The van der Waals surface area contributed by atoms with Crippen LogP contribution in [0, 0.1) is 23.5 Å². The third kappa shape index (κ3) is 5.12. The third-order valence-electron chi connectivity index (χ3n) is 7.12. The highest BCUT2D eigenvalue weighted by Gasteiger charge is 2.70. The lowest BCUT2D eigenvalue weighted by Crippen LogP contribution is -2.43. The summed E-state index contributed by atoms with van der Waals surface area (Å²) >= 11 is 0. The molecule has 2 aromatic rings. The van der Waals surface area contributed by atoms with Gasteiger partial charge >= 0.3 is 12.2 Å². The van der Waals surface area contributed by atoms with Gasteiger partial charge in [0.05, 0.1) is 48.8 Å². The zero-order chi connectivity index (χ0) is 28.1. The summed E-state index contributed by atoms with van der Waals surface area (Å²) in [6.45, 7) is 7.69. The number of hydrogen-bond acceptors (Lipinski definition) is 7. The third-order valence-corrected chi connectivity index (χ3v) is 7.12. The van der Waals surface area contributed by atoms with Crippen molar-refractivity contribution < 1.29 is 37.4 Å². The van der Waals surface area contributed by atoms with Crippen LogP contribution in [0.15, 0.2) is 30.5 Å². The number of rotatable bonds is 6. The van der Waals surface area contributed by atoms with Gasteiger partial charge in [0.2, 0.25) is 5.91 Å². The number of carbonyl (C=O) groups excluding carboxylic acids is 3. The maximum absolute atomic E-state index is 15.2. The van der Waals surface area contributed by atoms with Gasteiger partial charge in [0.1, 0.15) is 23.3 Å². The highest BCUT2D eigenvalue weighted by molar-refractivity contribution is 5.90. The van der Waals surface area contributed by atoms with E-state index in [1.54, 1.807) is 32.9 Å². The average molecular weight is 545 g/mol. The summed E-state index contributed by atoms with van der Waals surface area (Å²) in [4.78, 5) is 41.6. The van der Waals surface area contributed by atoms with Crippen LogP contribution < -0.4 is 15.5 Å². The van der Waals surface area contributed by atoms with Crippen LogP contribution in [0.4, 0.5) is 24.1 Å². The first-order valence-corrected chi connectivity index (χ1v) is 12.7. The lowest BCUT2D eigenvalue weighted by Gasteiger charge is -2.26. The molecule has 0 bridgehead atoms. The standard InChI is InChI=1S/C27H30F2N4O6/c1-14(34)30-10-17-11-33(25(36)38-17)16-7-20(28)23(21(29)8-16)15-5-6-22(31-9-15)27(18-12-37-13-19(18)27)32-24(35)39-26(2,3)4/h5-9,17-19H,10-13H2,1-4H3,(H,30,34)(H,32,35)/t17-,18?,19?,27?/m0/s1. The number of hydrogen-bond donors (Lipinski definition) is 2. The van der Waals surface area contributed by atoms with Crippen molar-refractivity contribution in [3.63, 3.8) is 0 Å². The summed E-state index contributed by atoms with van der Waals surface area (Å²) in [5.41, 5.74) is -0.999. The van der Waals surface area contributed by atoms with E-state index >= 15 is 8.78 Å². The Morgan fingerprint density at radius 2 is 1.85 bits per heavy atom. The van der Waals surface area contributed by atoms with Gasteiger partial charge in [-0.1, -0.05) is 6.07 Å². The van der Waals surface area contributed by atoms with Gasteiger partial charge in [0.25, 0.3) is 0 Å². The minimum absolute atomic E-state index is 0.0000245. The minimum atomic E-state index is -0.879. The number of alkyl carbamates (subject to hydrolysis) is 1. The first-order chi connectivity index (χ1) is 18.4. The van der Waals surface area contributed by atoms with Crippen LogP contribution in [0.3, 0.4) is 0 Å². The van der Waals surface area contributed by atoms with Gasteiger partial charge in [-0.2, -0.15) is 0 Å². The SMILES string of the molecule is CC(=O)NC[C@H]1CN(c2cc(F)c(-c3ccc(C4(NC(=O)OC(C)(C)C)C5COCC54)nc3)c(F)c2)C(=O)O1. The summed E-state index contributed by atoms with van der Waals surface area (Å²) in [5, 5.41) is 5.51. The first-order valence-electron chi connectivity index (χ1n) is 12.7. The number of cyclic esters (lactones) is 1. The molecule has 3 atom stereocenters. The number of ether oxygens (including phenoxy) is 3. The molecule has 10 nitrogen and oxygen atoms in total. The number of fused-ring (bicyclic) bond motifs is 1. The Balaban J connectivity index is 1.36. The summed E-state index contributed by atoms with van der Waals surface area (Å²) < 4.78 is 46.5. The Hall–Kier alpha value is -3.80. The molecule has 5 rings (SSSR count). The van der Waals surface area contributed by atoms with E-state index < -0.39 is 41.1 Å². The topological polar surface area (TPSA) is 119 Å². The lowest BCUT2D eigenvalue weighted by atomic mass is 10.0. The number of anilines is 1. The molecular formula is C27H30F2N4O6. The summed E-state index contributed by atoms with van der Waals surface area (Å²) in [7, 11) is 0. The molecule has 2 N–H and O–H groups in total. The van der Waals surface area contributed by atoms with E-state index in [4.69, 9.17) is 14.2 Å². The molecule has 208 valence electrons. The first kappa shape index (κ1) is 26.8. The molecule has 12 heteroatoms. The normalized spacial score (nSPS) is 25.6.